The Balaban J connectivity index is 2.54. The van der Waals surface area contributed by atoms with Crippen LogP contribution in [0.2, 0.25) is 0 Å². The summed E-state index contributed by atoms with van der Waals surface area (Å²) in [5.41, 5.74) is 3.84. The fraction of sp³-hybridized carbons (Fsp3) is 0.308. The summed E-state index contributed by atoms with van der Waals surface area (Å²) in [6.45, 7) is 5.66. The van der Waals surface area contributed by atoms with E-state index in [0.29, 0.717) is 0 Å². The molecule has 0 aliphatic rings. The molecule has 17 heavy (non-hydrogen) atoms. The Morgan fingerprint density at radius 3 is 2.71 bits per heavy atom. The zero-order valence-electron chi connectivity index (χ0n) is 10.0. The highest BCUT2D eigenvalue weighted by Gasteiger charge is 2.19. The van der Waals surface area contributed by atoms with Gasteiger partial charge in [0.2, 0.25) is 0 Å². The molecule has 4 heteroatoms. The Labute approximate surface area is 110 Å². The lowest BCUT2D eigenvalue weighted by Gasteiger charge is -2.07. The molecular weight excluding hydrogens is 254 g/mol. The molecule has 0 saturated carbocycles. The molecule has 0 aromatic carbocycles. The second-order valence-electron chi connectivity index (χ2n) is 4.08. The van der Waals surface area contributed by atoms with Gasteiger partial charge in [0, 0.05) is 22.3 Å². The number of ketones is 1. The number of Topliss-reactive ketones (excluding diaryl/α,β-unsaturated/α-hetero) is 1. The number of carbonyl (C=O) groups excluding carboxylic acids is 1. The second-order valence-corrected chi connectivity index (χ2v) is 5.52. The predicted octanol–water partition coefficient (Wildman–Crippen LogP) is 3.97. The van der Waals surface area contributed by atoms with Gasteiger partial charge >= 0.3 is 0 Å². The van der Waals surface area contributed by atoms with Gasteiger partial charge in [-0.25, -0.2) is 0 Å². The molecule has 1 unspecified atom stereocenters. The van der Waals surface area contributed by atoms with Gasteiger partial charge in [0.1, 0.15) is 0 Å². The fourth-order valence-corrected chi connectivity index (χ4v) is 2.75. The molecule has 2 rings (SSSR count). The van der Waals surface area contributed by atoms with Crippen LogP contribution < -0.4 is 0 Å². The normalized spacial score (nSPS) is 12.7. The first-order valence-electron chi connectivity index (χ1n) is 5.42. The van der Waals surface area contributed by atoms with E-state index in [9.17, 15) is 4.79 Å². The summed E-state index contributed by atoms with van der Waals surface area (Å²) in [7, 11) is 0. The Morgan fingerprint density at radius 2 is 2.18 bits per heavy atom. The van der Waals surface area contributed by atoms with Crippen molar-refractivity contribution in [1.82, 2.24) is 4.57 Å². The van der Waals surface area contributed by atoms with E-state index in [1.807, 2.05) is 31.4 Å². The van der Waals surface area contributed by atoms with Gasteiger partial charge in [-0.05, 0) is 38.3 Å². The SMILES string of the molecule is Cc1cc(C(=O)C(C)Cl)c(C)n1-c1ccsc1. The van der Waals surface area contributed by atoms with Gasteiger partial charge in [0.25, 0.3) is 0 Å². The first-order chi connectivity index (χ1) is 8.02. The van der Waals surface area contributed by atoms with Crippen molar-refractivity contribution in [2.45, 2.75) is 26.1 Å². The van der Waals surface area contributed by atoms with Crippen molar-refractivity contribution in [1.29, 1.82) is 0 Å². The predicted molar refractivity (Wildman–Crippen MR) is 72.8 cm³/mol. The highest BCUT2D eigenvalue weighted by atomic mass is 35.5. The molecule has 0 bridgehead atoms. The maximum absolute atomic E-state index is 12.0. The molecule has 0 fully saturated rings. The topological polar surface area (TPSA) is 22.0 Å². The van der Waals surface area contributed by atoms with E-state index in [4.69, 9.17) is 11.6 Å². The van der Waals surface area contributed by atoms with Crippen molar-refractivity contribution in [3.63, 3.8) is 0 Å². The summed E-state index contributed by atoms with van der Waals surface area (Å²) in [5, 5.41) is 3.62. The highest BCUT2D eigenvalue weighted by Crippen LogP contribution is 2.24. The zero-order valence-corrected chi connectivity index (χ0v) is 11.6. The van der Waals surface area contributed by atoms with Crippen LogP contribution in [0.4, 0.5) is 0 Å². The molecule has 0 radical (unpaired) electrons. The zero-order chi connectivity index (χ0) is 12.6. The van der Waals surface area contributed by atoms with Crippen LogP contribution in [0.25, 0.3) is 5.69 Å². The average Bonchev–Trinajstić information content (AvgIpc) is 2.85. The van der Waals surface area contributed by atoms with Crippen LogP contribution in [0.1, 0.15) is 28.7 Å². The summed E-state index contributed by atoms with van der Waals surface area (Å²) >= 11 is 7.51. The molecule has 1 atom stereocenters. The van der Waals surface area contributed by atoms with Crippen molar-refractivity contribution in [2.24, 2.45) is 0 Å². The van der Waals surface area contributed by atoms with Gasteiger partial charge in [-0.3, -0.25) is 4.79 Å². The van der Waals surface area contributed by atoms with E-state index in [-0.39, 0.29) is 5.78 Å². The van der Waals surface area contributed by atoms with E-state index < -0.39 is 5.38 Å². The molecule has 0 aliphatic carbocycles. The van der Waals surface area contributed by atoms with Crippen LogP contribution in [0.5, 0.6) is 0 Å². The number of aromatic nitrogens is 1. The van der Waals surface area contributed by atoms with Crippen LogP contribution in [-0.4, -0.2) is 15.7 Å². The molecule has 2 aromatic heterocycles. The quantitative estimate of drug-likeness (QED) is 0.609. The average molecular weight is 268 g/mol. The van der Waals surface area contributed by atoms with Crippen molar-refractivity contribution >= 4 is 28.7 Å². The molecule has 90 valence electrons. The minimum absolute atomic E-state index is 0.0127. The van der Waals surface area contributed by atoms with Gasteiger partial charge in [0.05, 0.1) is 11.1 Å². The summed E-state index contributed by atoms with van der Waals surface area (Å²) in [4.78, 5) is 12.0. The number of halogens is 1. The number of hydrogen-bond acceptors (Lipinski definition) is 2. The van der Waals surface area contributed by atoms with Gasteiger partial charge < -0.3 is 4.57 Å². The van der Waals surface area contributed by atoms with Crippen molar-refractivity contribution < 1.29 is 4.79 Å². The fourth-order valence-electron chi connectivity index (χ4n) is 2.01. The third-order valence-corrected chi connectivity index (χ3v) is 3.69. The number of carbonyl (C=O) groups is 1. The third kappa shape index (κ3) is 2.17. The van der Waals surface area contributed by atoms with Gasteiger partial charge in [0.15, 0.2) is 5.78 Å². The van der Waals surface area contributed by atoms with Crippen molar-refractivity contribution in [2.75, 3.05) is 0 Å². The Bertz CT molecular complexity index is 540. The van der Waals surface area contributed by atoms with E-state index in [1.165, 1.54) is 0 Å². The molecule has 0 spiro atoms. The van der Waals surface area contributed by atoms with Crippen molar-refractivity contribution in [3.8, 4) is 5.69 Å². The van der Waals surface area contributed by atoms with E-state index in [0.717, 1.165) is 22.6 Å². The lowest BCUT2D eigenvalue weighted by molar-refractivity contribution is 0.0991. The highest BCUT2D eigenvalue weighted by molar-refractivity contribution is 7.08. The second kappa shape index (κ2) is 4.67. The number of hydrogen-bond donors (Lipinski definition) is 0. The molecular formula is C13H14ClNOS. The molecule has 0 saturated heterocycles. The van der Waals surface area contributed by atoms with Crippen molar-refractivity contribution in [3.05, 3.63) is 39.8 Å². The first-order valence-corrected chi connectivity index (χ1v) is 6.80. The smallest absolute Gasteiger partial charge is 0.182 e. The van der Waals surface area contributed by atoms with E-state index >= 15 is 0 Å². The van der Waals surface area contributed by atoms with Gasteiger partial charge in [-0.1, -0.05) is 0 Å². The molecule has 2 heterocycles. The number of thiophene rings is 1. The first kappa shape index (κ1) is 12.4. The molecule has 0 aliphatic heterocycles. The summed E-state index contributed by atoms with van der Waals surface area (Å²) in [6, 6.07) is 3.96. The van der Waals surface area contributed by atoms with Crippen LogP contribution in [0.3, 0.4) is 0 Å². The monoisotopic (exact) mass is 267 g/mol. The largest absolute Gasteiger partial charge is 0.317 e. The van der Waals surface area contributed by atoms with Crippen LogP contribution in [0.15, 0.2) is 22.9 Å². The van der Waals surface area contributed by atoms with Gasteiger partial charge in [-0.15, -0.1) is 11.6 Å². The number of aryl methyl sites for hydroxylation is 1. The van der Waals surface area contributed by atoms with E-state index in [1.54, 1.807) is 18.3 Å². The maximum atomic E-state index is 12.0. The molecule has 2 aromatic rings. The molecule has 0 amide bonds. The Kier molecular flexibility index (Phi) is 3.40. The minimum atomic E-state index is -0.480. The Hall–Kier alpha value is -1.06. The molecule has 0 N–H and O–H groups in total. The third-order valence-electron chi connectivity index (χ3n) is 2.82. The van der Waals surface area contributed by atoms with Crippen LogP contribution in [0, 0.1) is 13.8 Å². The lowest BCUT2D eigenvalue weighted by Crippen LogP contribution is -2.11. The minimum Gasteiger partial charge on any atom is -0.317 e. The van der Waals surface area contributed by atoms with Crippen LogP contribution >= 0.6 is 22.9 Å². The number of nitrogens with zero attached hydrogens (tertiary/aromatic N) is 1. The van der Waals surface area contributed by atoms with Gasteiger partial charge in [-0.2, -0.15) is 11.3 Å². The summed E-state index contributed by atoms with van der Waals surface area (Å²) in [6.07, 6.45) is 0. The summed E-state index contributed by atoms with van der Waals surface area (Å²) < 4.78 is 2.09. The molecule has 2 nitrogen and oxygen atoms in total. The Morgan fingerprint density at radius 1 is 1.47 bits per heavy atom. The number of alkyl halides is 1. The number of rotatable bonds is 3. The summed E-state index contributed by atoms with van der Waals surface area (Å²) in [5.74, 6) is -0.0127. The van der Waals surface area contributed by atoms with E-state index in [2.05, 4.69) is 9.95 Å². The lowest BCUT2D eigenvalue weighted by atomic mass is 10.1. The standard InChI is InChI=1S/C13H14ClNOS/c1-8-6-12(13(16)9(2)14)10(3)15(8)11-4-5-17-7-11/h4-7,9H,1-3H3. The maximum Gasteiger partial charge on any atom is 0.182 e. The van der Waals surface area contributed by atoms with Crippen LogP contribution in [-0.2, 0) is 0 Å².